The molecule has 1 aliphatic heterocycles. The monoisotopic (exact) mass is 335 g/mol. The van der Waals surface area contributed by atoms with Crippen LogP contribution in [0.5, 0.6) is 0 Å². The van der Waals surface area contributed by atoms with Crippen molar-refractivity contribution in [3.8, 4) is 0 Å². The number of benzene rings is 1. The van der Waals surface area contributed by atoms with Gasteiger partial charge in [0.25, 0.3) is 0 Å². The van der Waals surface area contributed by atoms with E-state index >= 15 is 0 Å². The molecule has 1 heterocycles. The van der Waals surface area contributed by atoms with Gasteiger partial charge in [-0.15, -0.1) is 0 Å². The normalized spacial score (nSPS) is 20.6. The van der Waals surface area contributed by atoms with E-state index in [9.17, 15) is 9.59 Å². The van der Waals surface area contributed by atoms with Crippen LogP contribution in [0.25, 0.3) is 0 Å². The lowest BCUT2D eigenvalue weighted by Gasteiger charge is -2.24. The van der Waals surface area contributed by atoms with Gasteiger partial charge >= 0.3 is 12.2 Å². The van der Waals surface area contributed by atoms with Crippen LogP contribution in [0, 0.1) is 0 Å². The minimum Gasteiger partial charge on any atom is -0.445 e. The van der Waals surface area contributed by atoms with Gasteiger partial charge in [0.15, 0.2) is 0 Å². The van der Waals surface area contributed by atoms with Crippen LogP contribution in [0.1, 0.15) is 26.3 Å². The lowest BCUT2D eigenvalue weighted by atomic mass is 10.2. The fourth-order valence-electron chi connectivity index (χ4n) is 2.37. The third-order valence-electron chi connectivity index (χ3n) is 3.53. The molecular formula is C17H25N3O4. The summed E-state index contributed by atoms with van der Waals surface area (Å²) in [4.78, 5) is 25.5. The van der Waals surface area contributed by atoms with E-state index in [4.69, 9.17) is 15.2 Å². The summed E-state index contributed by atoms with van der Waals surface area (Å²) in [6.45, 7) is 6.23. The summed E-state index contributed by atoms with van der Waals surface area (Å²) in [5.74, 6) is 0. The van der Waals surface area contributed by atoms with Crippen LogP contribution in [0.15, 0.2) is 30.3 Å². The summed E-state index contributed by atoms with van der Waals surface area (Å²) < 4.78 is 10.5. The molecule has 0 spiro atoms. The molecular weight excluding hydrogens is 310 g/mol. The van der Waals surface area contributed by atoms with E-state index in [2.05, 4.69) is 5.32 Å². The minimum absolute atomic E-state index is 0.185. The summed E-state index contributed by atoms with van der Waals surface area (Å²) in [7, 11) is 0. The zero-order valence-corrected chi connectivity index (χ0v) is 14.3. The van der Waals surface area contributed by atoms with E-state index in [1.807, 2.05) is 30.3 Å². The van der Waals surface area contributed by atoms with Crippen molar-refractivity contribution in [2.24, 2.45) is 5.73 Å². The van der Waals surface area contributed by atoms with Gasteiger partial charge in [-0.05, 0) is 26.3 Å². The van der Waals surface area contributed by atoms with Crippen molar-refractivity contribution >= 4 is 12.2 Å². The maximum Gasteiger partial charge on any atom is 0.410 e. The molecule has 1 aliphatic rings. The summed E-state index contributed by atoms with van der Waals surface area (Å²) >= 11 is 0. The molecule has 1 fully saturated rings. The van der Waals surface area contributed by atoms with Crippen LogP contribution >= 0.6 is 0 Å². The number of nitrogens with two attached hydrogens (primary N) is 1. The zero-order valence-electron chi connectivity index (χ0n) is 14.3. The molecule has 2 amide bonds. The average Bonchev–Trinajstić information content (AvgIpc) is 2.86. The van der Waals surface area contributed by atoms with Crippen LogP contribution in [0.2, 0.25) is 0 Å². The Bertz CT molecular complexity index is 571. The highest BCUT2D eigenvalue weighted by atomic mass is 16.6. The van der Waals surface area contributed by atoms with Gasteiger partial charge in [-0.1, -0.05) is 30.3 Å². The molecule has 3 N–H and O–H groups in total. The van der Waals surface area contributed by atoms with Crippen molar-refractivity contribution in [2.45, 2.75) is 45.1 Å². The number of carbonyl (C=O) groups excluding carboxylic acids is 2. The summed E-state index contributed by atoms with van der Waals surface area (Å²) in [5.41, 5.74) is 6.34. The predicted molar refractivity (Wildman–Crippen MR) is 89.3 cm³/mol. The number of ether oxygens (including phenoxy) is 2. The molecule has 0 radical (unpaired) electrons. The van der Waals surface area contributed by atoms with Gasteiger partial charge in [0.05, 0.1) is 6.04 Å². The molecule has 2 atom stereocenters. The van der Waals surface area contributed by atoms with Gasteiger partial charge in [0.2, 0.25) is 0 Å². The predicted octanol–water partition coefficient (Wildman–Crippen LogP) is 1.86. The SMILES string of the molecule is CC(C)(C)OC(=O)N1C[C@@H](N)[C@H](NC(=O)OCc2ccccc2)C1. The second-order valence-corrected chi connectivity index (χ2v) is 6.86. The maximum absolute atomic E-state index is 12.1. The van der Waals surface area contributed by atoms with Crippen LogP contribution < -0.4 is 11.1 Å². The quantitative estimate of drug-likeness (QED) is 0.879. The molecule has 7 heteroatoms. The smallest absolute Gasteiger partial charge is 0.410 e. The topological polar surface area (TPSA) is 93.9 Å². The third-order valence-corrected chi connectivity index (χ3v) is 3.53. The molecule has 1 aromatic carbocycles. The molecule has 0 aromatic heterocycles. The number of hydrogen-bond acceptors (Lipinski definition) is 5. The summed E-state index contributed by atoms with van der Waals surface area (Å²) in [5, 5.41) is 2.71. The molecule has 0 unspecified atom stereocenters. The van der Waals surface area contributed by atoms with Crippen molar-refractivity contribution < 1.29 is 19.1 Å². The standard InChI is InChI=1S/C17H25N3O4/c1-17(2,3)24-16(22)20-9-13(18)14(10-20)19-15(21)23-11-12-7-5-4-6-8-12/h4-8,13-14H,9-11,18H2,1-3H3,(H,19,21)/t13-,14-/m1/s1. The van der Waals surface area contributed by atoms with Crippen LogP contribution in [-0.4, -0.2) is 47.9 Å². The first-order valence-electron chi connectivity index (χ1n) is 7.95. The van der Waals surface area contributed by atoms with Gasteiger partial charge in [0, 0.05) is 19.1 Å². The molecule has 1 saturated heterocycles. The number of nitrogens with one attached hydrogen (secondary N) is 1. The van der Waals surface area contributed by atoms with E-state index in [0.29, 0.717) is 13.1 Å². The lowest BCUT2D eigenvalue weighted by molar-refractivity contribution is 0.0288. The van der Waals surface area contributed by atoms with Crippen molar-refractivity contribution in [2.75, 3.05) is 13.1 Å². The highest BCUT2D eigenvalue weighted by Gasteiger charge is 2.36. The second-order valence-electron chi connectivity index (χ2n) is 6.86. The van der Waals surface area contributed by atoms with Crippen LogP contribution in [0.4, 0.5) is 9.59 Å². The fraction of sp³-hybridized carbons (Fsp3) is 0.529. The van der Waals surface area contributed by atoms with Gasteiger partial charge in [-0.3, -0.25) is 0 Å². The molecule has 0 aliphatic carbocycles. The third kappa shape index (κ3) is 5.42. The Balaban J connectivity index is 1.80. The van der Waals surface area contributed by atoms with Gasteiger partial charge in [-0.25, -0.2) is 9.59 Å². The lowest BCUT2D eigenvalue weighted by Crippen LogP contribution is -2.46. The Morgan fingerprint density at radius 1 is 1.25 bits per heavy atom. The second kappa shape index (κ2) is 7.53. The first-order chi connectivity index (χ1) is 11.2. The van der Waals surface area contributed by atoms with Gasteiger partial charge in [0.1, 0.15) is 12.2 Å². The largest absolute Gasteiger partial charge is 0.445 e. The van der Waals surface area contributed by atoms with Crippen molar-refractivity contribution in [3.63, 3.8) is 0 Å². The Labute approximate surface area is 142 Å². The maximum atomic E-state index is 12.1. The number of amides is 2. The van der Waals surface area contributed by atoms with E-state index < -0.39 is 17.8 Å². The fourth-order valence-corrected chi connectivity index (χ4v) is 2.37. The molecule has 0 saturated carbocycles. The van der Waals surface area contributed by atoms with Crippen LogP contribution in [0.3, 0.4) is 0 Å². The summed E-state index contributed by atoms with van der Waals surface area (Å²) in [6, 6.07) is 8.68. The Morgan fingerprint density at radius 3 is 2.54 bits per heavy atom. The molecule has 2 rings (SSSR count). The molecule has 132 valence electrons. The Morgan fingerprint density at radius 2 is 1.92 bits per heavy atom. The van der Waals surface area contributed by atoms with E-state index in [0.717, 1.165) is 5.56 Å². The van der Waals surface area contributed by atoms with Crippen molar-refractivity contribution in [3.05, 3.63) is 35.9 Å². The molecule has 1 aromatic rings. The van der Waals surface area contributed by atoms with Gasteiger partial charge in [-0.2, -0.15) is 0 Å². The number of hydrogen-bond donors (Lipinski definition) is 2. The highest BCUT2D eigenvalue weighted by Crippen LogP contribution is 2.15. The highest BCUT2D eigenvalue weighted by molar-refractivity contribution is 5.70. The van der Waals surface area contributed by atoms with Crippen molar-refractivity contribution in [1.29, 1.82) is 0 Å². The molecule has 0 bridgehead atoms. The Hall–Kier alpha value is -2.28. The Kier molecular flexibility index (Phi) is 5.66. The van der Waals surface area contributed by atoms with E-state index in [1.54, 1.807) is 20.8 Å². The minimum atomic E-state index is -0.568. The first-order valence-corrected chi connectivity index (χ1v) is 7.95. The number of likely N-dealkylation sites (tertiary alicyclic amines) is 1. The van der Waals surface area contributed by atoms with E-state index in [-0.39, 0.29) is 18.7 Å². The number of alkyl carbamates (subject to hydrolysis) is 1. The van der Waals surface area contributed by atoms with Crippen LogP contribution in [-0.2, 0) is 16.1 Å². The van der Waals surface area contributed by atoms with Crippen molar-refractivity contribution in [1.82, 2.24) is 10.2 Å². The molecule has 7 nitrogen and oxygen atoms in total. The van der Waals surface area contributed by atoms with E-state index in [1.165, 1.54) is 4.90 Å². The number of carbonyl (C=O) groups is 2. The number of nitrogens with zero attached hydrogens (tertiary/aromatic N) is 1. The van der Waals surface area contributed by atoms with Gasteiger partial charge < -0.3 is 25.4 Å². The first kappa shape index (κ1) is 18.1. The zero-order chi connectivity index (χ0) is 17.7. The average molecular weight is 335 g/mol. The summed E-state index contributed by atoms with van der Waals surface area (Å²) in [6.07, 6.45) is -0.981. The number of rotatable bonds is 3. The molecule has 24 heavy (non-hydrogen) atoms.